The van der Waals surface area contributed by atoms with Gasteiger partial charge in [-0.25, -0.2) is 4.98 Å². The molecule has 3 nitrogen and oxygen atoms in total. The molecule has 4 heteroatoms. The molecule has 0 bridgehead atoms. The number of nitrogens with one attached hydrogen (secondary N) is 1. The SMILES string of the molecule is Cc1csc(-c2nc3c(C)cccc3[nH]2)c1N. The van der Waals surface area contributed by atoms with Gasteiger partial charge in [-0.15, -0.1) is 11.3 Å². The summed E-state index contributed by atoms with van der Waals surface area (Å²) >= 11 is 1.63. The van der Waals surface area contributed by atoms with Gasteiger partial charge in [0, 0.05) is 0 Å². The number of imidazole rings is 1. The molecular weight excluding hydrogens is 230 g/mol. The summed E-state index contributed by atoms with van der Waals surface area (Å²) in [4.78, 5) is 8.98. The molecule has 86 valence electrons. The standard InChI is InChI=1S/C13H13N3S/c1-7-4-3-5-9-11(7)16-13(15-9)12-10(14)8(2)6-17-12/h3-6H,14H2,1-2H3,(H,15,16). The highest BCUT2D eigenvalue weighted by Crippen LogP contribution is 2.34. The third-order valence-electron chi connectivity index (χ3n) is 2.95. The van der Waals surface area contributed by atoms with Gasteiger partial charge in [-0.3, -0.25) is 0 Å². The molecule has 0 aliphatic carbocycles. The minimum absolute atomic E-state index is 0.826. The summed E-state index contributed by atoms with van der Waals surface area (Å²) in [6.07, 6.45) is 0. The molecule has 0 saturated carbocycles. The summed E-state index contributed by atoms with van der Waals surface area (Å²) in [5.41, 5.74) is 11.2. The van der Waals surface area contributed by atoms with Crippen molar-refractivity contribution >= 4 is 28.1 Å². The van der Waals surface area contributed by atoms with Crippen molar-refractivity contribution in [3.63, 3.8) is 0 Å². The monoisotopic (exact) mass is 243 g/mol. The summed E-state index contributed by atoms with van der Waals surface area (Å²) in [7, 11) is 0. The first-order valence-corrected chi connectivity index (χ1v) is 6.34. The van der Waals surface area contributed by atoms with E-state index in [0.717, 1.165) is 33.0 Å². The number of H-pyrrole nitrogens is 1. The number of benzene rings is 1. The predicted octanol–water partition coefficient (Wildman–Crippen LogP) is 3.49. The molecule has 2 aromatic heterocycles. The molecule has 3 rings (SSSR count). The Morgan fingerprint density at radius 1 is 1.24 bits per heavy atom. The second-order valence-corrected chi connectivity index (χ2v) is 5.10. The van der Waals surface area contributed by atoms with Gasteiger partial charge in [0.25, 0.3) is 0 Å². The summed E-state index contributed by atoms with van der Waals surface area (Å²) in [6.45, 7) is 4.08. The zero-order chi connectivity index (χ0) is 12.0. The number of aryl methyl sites for hydroxylation is 2. The summed E-state index contributed by atoms with van der Waals surface area (Å²) in [5, 5.41) is 2.06. The Kier molecular flexibility index (Phi) is 2.19. The summed E-state index contributed by atoms with van der Waals surface area (Å²) in [6, 6.07) is 6.13. The third kappa shape index (κ3) is 1.52. The lowest BCUT2D eigenvalue weighted by Crippen LogP contribution is -1.88. The van der Waals surface area contributed by atoms with E-state index in [1.165, 1.54) is 5.56 Å². The second-order valence-electron chi connectivity index (χ2n) is 4.22. The van der Waals surface area contributed by atoms with E-state index in [1.807, 2.05) is 19.1 Å². The highest BCUT2D eigenvalue weighted by molar-refractivity contribution is 7.14. The normalized spacial score (nSPS) is 11.2. The molecule has 0 aliphatic heterocycles. The molecule has 3 N–H and O–H groups in total. The molecule has 0 radical (unpaired) electrons. The number of nitrogens with two attached hydrogens (primary N) is 1. The lowest BCUT2D eigenvalue weighted by Gasteiger charge is -1.94. The van der Waals surface area contributed by atoms with Gasteiger partial charge in [0.15, 0.2) is 5.82 Å². The molecule has 0 spiro atoms. The number of fused-ring (bicyclic) bond motifs is 1. The number of para-hydroxylation sites is 1. The van der Waals surface area contributed by atoms with Crippen LogP contribution < -0.4 is 5.73 Å². The van der Waals surface area contributed by atoms with Crippen LogP contribution in [-0.4, -0.2) is 9.97 Å². The topological polar surface area (TPSA) is 54.7 Å². The second kappa shape index (κ2) is 3.60. The van der Waals surface area contributed by atoms with Crippen LogP contribution in [0, 0.1) is 13.8 Å². The molecule has 0 aliphatic rings. The van der Waals surface area contributed by atoms with Crippen LogP contribution in [0.4, 0.5) is 5.69 Å². The van der Waals surface area contributed by atoms with E-state index in [9.17, 15) is 0 Å². The number of rotatable bonds is 1. The van der Waals surface area contributed by atoms with Crippen molar-refractivity contribution in [2.24, 2.45) is 0 Å². The van der Waals surface area contributed by atoms with Crippen LogP contribution in [0.1, 0.15) is 11.1 Å². The van der Waals surface area contributed by atoms with Gasteiger partial charge >= 0.3 is 0 Å². The number of hydrogen-bond donors (Lipinski definition) is 2. The minimum atomic E-state index is 0.826. The Hall–Kier alpha value is -1.81. The van der Waals surface area contributed by atoms with Crippen LogP contribution in [0.15, 0.2) is 23.6 Å². The van der Waals surface area contributed by atoms with Crippen LogP contribution in [0.25, 0.3) is 21.7 Å². The van der Waals surface area contributed by atoms with Gasteiger partial charge in [-0.1, -0.05) is 12.1 Å². The maximum atomic E-state index is 6.04. The van der Waals surface area contributed by atoms with Gasteiger partial charge < -0.3 is 10.7 Å². The quantitative estimate of drug-likeness (QED) is 0.687. The molecule has 17 heavy (non-hydrogen) atoms. The lowest BCUT2D eigenvalue weighted by molar-refractivity contribution is 1.35. The maximum Gasteiger partial charge on any atom is 0.150 e. The van der Waals surface area contributed by atoms with Gasteiger partial charge in [0.05, 0.1) is 21.6 Å². The third-order valence-corrected chi connectivity index (χ3v) is 4.07. The Morgan fingerprint density at radius 3 is 2.71 bits per heavy atom. The van der Waals surface area contributed by atoms with Crippen LogP contribution in [-0.2, 0) is 0 Å². The van der Waals surface area contributed by atoms with Crippen LogP contribution in [0.2, 0.25) is 0 Å². The lowest BCUT2D eigenvalue weighted by atomic mass is 10.2. The van der Waals surface area contributed by atoms with E-state index in [2.05, 4.69) is 28.3 Å². The summed E-state index contributed by atoms with van der Waals surface area (Å²) < 4.78 is 0. The largest absolute Gasteiger partial charge is 0.397 e. The van der Waals surface area contributed by atoms with E-state index >= 15 is 0 Å². The van der Waals surface area contributed by atoms with Crippen LogP contribution >= 0.6 is 11.3 Å². The smallest absolute Gasteiger partial charge is 0.150 e. The van der Waals surface area contributed by atoms with Crippen LogP contribution in [0.5, 0.6) is 0 Å². The predicted molar refractivity (Wildman–Crippen MR) is 73.3 cm³/mol. The Bertz CT molecular complexity index is 694. The molecule has 0 fully saturated rings. The number of nitrogen functional groups attached to an aromatic ring is 1. The first-order valence-electron chi connectivity index (χ1n) is 5.46. The summed E-state index contributed by atoms with van der Waals surface area (Å²) in [5.74, 6) is 0.866. The number of anilines is 1. The molecule has 0 atom stereocenters. The van der Waals surface area contributed by atoms with Crippen molar-refractivity contribution in [1.82, 2.24) is 9.97 Å². The van der Waals surface area contributed by atoms with Crippen molar-refractivity contribution in [2.75, 3.05) is 5.73 Å². The van der Waals surface area contributed by atoms with E-state index in [0.29, 0.717) is 0 Å². The molecule has 0 amide bonds. The number of thiophene rings is 1. The van der Waals surface area contributed by atoms with E-state index in [1.54, 1.807) is 11.3 Å². The number of hydrogen-bond acceptors (Lipinski definition) is 3. The fourth-order valence-electron chi connectivity index (χ4n) is 1.92. The minimum Gasteiger partial charge on any atom is -0.397 e. The highest BCUT2D eigenvalue weighted by atomic mass is 32.1. The molecule has 3 aromatic rings. The average molecular weight is 243 g/mol. The molecule has 0 saturated heterocycles. The van der Waals surface area contributed by atoms with Crippen molar-refractivity contribution < 1.29 is 0 Å². The van der Waals surface area contributed by atoms with Gasteiger partial charge in [-0.05, 0) is 36.4 Å². The van der Waals surface area contributed by atoms with Crippen molar-refractivity contribution in [1.29, 1.82) is 0 Å². The first-order chi connectivity index (χ1) is 8.16. The van der Waals surface area contributed by atoms with E-state index in [4.69, 9.17) is 5.73 Å². The Balaban J connectivity index is 2.25. The van der Waals surface area contributed by atoms with Crippen molar-refractivity contribution in [2.45, 2.75) is 13.8 Å². The molecule has 2 heterocycles. The number of nitrogens with zero attached hydrogens (tertiary/aromatic N) is 1. The zero-order valence-electron chi connectivity index (χ0n) is 9.74. The maximum absolute atomic E-state index is 6.04. The van der Waals surface area contributed by atoms with Gasteiger partial charge in [0.2, 0.25) is 0 Å². The van der Waals surface area contributed by atoms with Crippen molar-refractivity contribution in [3.8, 4) is 10.7 Å². The zero-order valence-corrected chi connectivity index (χ0v) is 10.6. The Morgan fingerprint density at radius 2 is 2.06 bits per heavy atom. The van der Waals surface area contributed by atoms with Crippen LogP contribution in [0.3, 0.4) is 0 Å². The average Bonchev–Trinajstić information content (AvgIpc) is 2.85. The van der Waals surface area contributed by atoms with Gasteiger partial charge in [0.1, 0.15) is 0 Å². The molecule has 1 aromatic carbocycles. The van der Waals surface area contributed by atoms with Gasteiger partial charge in [-0.2, -0.15) is 0 Å². The van der Waals surface area contributed by atoms with E-state index in [-0.39, 0.29) is 0 Å². The highest BCUT2D eigenvalue weighted by Gasteiger charge is 2.12. The van der Waals surface area contributed by atoms with Crippen molar-refractivity contribution in [3.05, 3.63) is 34.7 Å². The number of aromatic amines is 1. The first kappa shape index (κ1) is 10.4. The molecule has 0 unspecified atom stereocenters. The molecular formula is C13H13N3S. The Labute approximate surface area is 103 Å². The fourth-order valence-corrected chi connectivity index (χ4v) is 2.84. The number of aromatic nitrogens is 2. The van der Waals surface area contributed by atoms with E-state index < -0.39 is 0 Å². The fraction of sp³-hybridized carbons (Fsp3) is 0.154.